The molecule has 0 amide bonds. The van der Waals surface area contributed by atoms with Gasteiger partial charge in [0.2, 0.25) is 0 Å². The molecule has 0 aliphatic rings. The molecule has 0 unspecified atom stereocenters. The van der Waals surface area contributed by atoms with Crippen molar-refractivity contribution in [1.82, 2.24) is 9.13 Å². The van der Waals surface area contributed by atoms with Crippen LogP contribution in [0.5, 0.6) is 0 Å². The Balaban J connectivity index is 1.43. The molecular formula is C41H34Br2N2. The Morgan fingerprint density at radius 3 is 1.98 bits per heavy atom. The van der Waals surface area contributed by atoms with Crippen LogP contribution in [0.2, 0.25) is 0 Å². The highest BCUT2D eigenvalue weighted by molar-refractivity contribution is 9.10. The molecule has 0 bridgehead atoms. The summed E-state index contributed by atoms with van der Waals surface area (Å²) in [4.78, 5) is 0. The van der Waals surface area contributed by atoms with E-state index in [0.717, 1.165) is 15.4 Å². The lowest BCUT2D eigenvalue weighted by Gasteiger charge is -2.19. The molecule has 8 aromatic rings. The summed E-state index contributed by atoms with van der Waals surface area (Å²) in [6.07, 6.45) is 5.97. The van der Waals surface area contributed by atoms with Gasteiger partial charge in [0, 0.05) is 41.9 Å². The summed E-state index contributed by atoms with van der Waals surface area (Å²) >= 11 is 7.51. The highest BCUT2D eigenvalue weighted by Gasteiger charge is 2.20. The second-order valence-corrected chi connectivity index (χ2v) is 14.1. The normalized spacial score (nSPS) is 12.0. The third-order valence-corrected chi connectivity index (χ3v) is 10.4. The molecule has 0 fully saturated rings. The molecule has 8 rings (SSSR count). The van der Waals surface area contributed by atoms with Gasteiger partial charge in [0.05, 0.1) is 22.1 Å². The molecule has 2 aromatic heterocycles. The molecule has 4 heteroatoms. The smallest absolute Gasteiger partial charge is 0.0547 e. The van der Waals surface area contributed by atoms with Crippen molar-refractivity contribution in [2.45, 2.75) is 46.0 Å². The average molecular weight is 715 g/mol. The van der Waals surface area contributed by atoms with Gasteiger partial charge in [-0.2, -0.15) is 0 Å². The standard InChI is InChI=1S/C41H34Br2N2/c1-3-4-5-6-12-28-23-39(26(2)22-40(28)44-35-15-10-9-14-32(35)33-24-29(42)17-20-36(33)44)45-37-21-18-30(43)25-34(37)41-31-13-8-7-11-27(31)16-19-38(41)45/h7-11,13-25H,3-6,12H2,1-2H3. The molecule has 222 valence electrons. The molecular weight excluding hydrogens is 680 g/mol. The van der Waals surface area contributed by atoms with Crippen LogP contribution >= 0.6 is 31.9 Å². The molecule has 2 nitrogen and oxygen atoms in total. The fourth-order valence-electron chi connectivity index (χ4n) is 7.34. The number of para-hydroxylation sites is 1. The Morgan fingerprint density at radius 1 is 0.533 bits per heavy atom. The van der Waals surface area contributed by atoms with Crippen LogP contribution in [0.15, 0.2) is 118 Å². The lowest BCUT2D eigenvalue weighted by atomic mass is 10.00. The number of halogens is 2. The van der Waals surface area contributed by atoms with Gasteiger partial charge in [-0.05, 0) is 102 Å². The van der Waals surface area contributed by atoms with Gasteiger partial charge in [-0.25, -0.2) is 0 Å². The summed E-state index contributed by atoms with van der Waals surface area (Å²) in [7, 11) is 0. The Kier molecular flexibility index (Phi) is 7.31. The molecule has 6 aromatic carbocycles. The van der Waals surface area contributed by atoms with Crippen molar-refractivity contribution in [3.8, 4) is 11.4 Å². The topological polar surface area (TPSA) is 9.86 Å². The Labute approximate surface area is 280 Å². The minimum absolute atomic E-state index is 1.04. The summed E-state index contributed by atoms with van der Waals surface area (Å²) in [6, 6.07) is 40.5. The number of benzene rings is 6. The maximum atomic E-state index is 3.78. The van der Waals surface area contributed by atoms with Gasteiger partial charge in [0.1, 0.15) is 0 Å². The van der Waals surface area contributed by atoms with Crippen LogP contribution in [0.3, 0.4) is 0 Å². The number of unbranched alkanes of at least 4 members (excludes halogenated alkanes) is 3. The number of hydrogen-bond donors (Lipinski definition) is 0. The number of rotatable bonds is 7. The third kappa shape index (κ3) is 4.73. The van der Waals surface area contributed by atoms with E-state index in [1.165, 1.54) is 103 Å². The highest BCUT2D eigenvalue weighted by atomic mass is 79.9. The van der Waals surface area contributed by atoms with Crippen LogP contribution in [0, 0.1) is 6.92 Å². The zero-order chi connectivity index (χ0) is 30.7. The summed E-state index contributed by atoms with van der Waals surface area (Å²) in [6.45, 7) is 4.57. The second-order valence-electron chi connectivity index (χ2n) is 12.3. The number of hydrogen-bond acceptors (Lipinski definition) is 0. The van der Waals surface area contributed by atoms with E-state index >= 15 is 0 Å². The predicted octanol–water partition coefficient (Wildman–Crippen LogP) is 13.0. The molecule has 0 spiro atoms. The van der Waals surface area contributed by atoms with E-state index in [9.17, 15) is 0 Å². The Morgan fingerprint density at radius 2 is 1.18 bits per heavy atom. The first-order valence-corrected chi connectivity index (χ1v) is 17.6. The van der Waals surface area contributed by atoms with E-state index in [2.05, 4.69) is 164 Å². The lowest BCUT2D eigenvalue weighted by molar-refractivity contribution is 0.665. The first kappa shape index (κ1) is 28.6. The number of fused-ring (bicyclic) bond motifs is 8. The SMILES string of the molecule is CCCCCCc1cc(-n2c3ccc(Br)cc3c3c4ccccc4ccc32)c(C)cc1-n1c2ccccc2c2cc(Br)ccc21. The van der Waals surface area contributed by atoms with Crippen LogP contribution in [-0.2, 0) is 6.42 Å². The zero-order valence-corrected chi connectivity index (χ0v) is 28.8. The van der Waals surface area contributed by atoms with Crippen LogP contribution in [-0.4, -0.2) is 9.13 Å². The first-order valence-electron chi connectivity index (χ1n) is 16.0. The maximum Gasteiger partial charge on any atom is 0.0547 e. The van der Waals surface area contributed by atoms with Gasteiger partial charge >= 0.3 is 0 Å². The highest BCUT2D eigenvalue weighted by Crippen LogP contribution is 2.41. The Bertz CT molecular complexity index is 2410. The Hall–Kier alpha value is -3.86. The van der Waals surface area contributed by atoms with Crippen molar-refractivity contribution in [1.29, 1.82) is 0 Å². The molecule has 0 saturated carbocycles. The van der Waals surface area contributed by atoms with Crippen molar-refractivity contribution in [3.63, 3.8) is 0 Å². The summed E-state index contributed by atoms with van der Waals surface area (Å²) in [5.74, 6) is 0. The van der Waals surface area contributed by atoms with Crippen molar-refractivity contribution >= 4 is 86.2 Å². The fourth-order valence-corrected chi connectivity index (χ4v) is 8.07. The minimum Gasteiger partial charge on any atom is -0.309 e. The number of aromatic nitrogens is 2. The van der Waals surface area contributed by atoms with E-state index in [1.807, 2.05) is 0 Å². The van der Waals surface area contributed by atoms with Crippen LogP contribution < -0.4 is 0 Å². The van der Waals surface area contributed by atoms with E-state index in [-0.39, 0.29) is 0 Å². The van der Waals surface area contributed by atoms with Crippen LogP contribution in [0.4, 0.5) is 0 Å². The van der Waals surface area contributed by atoms with E-state index in [4.69, 9.17) is 0 Å². The van der Waals surface area contributed by atoms with Gasteiger partial charge in [-0.1, -0.05) is 107 Å². The van der Waals surface area contributed by atoms with Crippen LogP contribution in [0.25, 0.3) is 65.8 Å². The molecule has 45 heavy (non-hydrogen) atoms. The predicted molar refractivity (Wildman–Crippen MR) is 201 cm³/mol. The largest absolute Gasteiger partial charge is 0.309 e. The van der Waals surface area contributed by atoms with E-state index in [0.29, 0.717) is 0 Å². The summed E-state index contributed by atoms with van der Waals surface area (Å²) in [5.41, 5.74) is 10.2. The minimum atomic E-state index is 1.04. The quantitative estimate of drug-likeness (QED) is 0.146. The van der Waals surface area contributed by atoms with Gasteiger partial charge < -0.3 is 9.13 Å². The van der Waals surface area contributed by atoms with Crippen molar-refractivity contribution in [2.75, 3.05) is 0 Å². The second kappa shape index (κ2) is 11.5. The first-order chi connectivity index (χ1) is 22.0. The lowest BCUT2D eigenvalue weighted by Crippen LogP contribution is -2.05. The molecule has 2 heterocycles. The molecule has 0 aliphatic carbocycles. The fraction of sp³-hybridized carbons (Fsp3) is 0.171. The van der Waals surface area contributed by atoms with Crippen molar-refractivity contribution in [3.05, 3.63) is 129 Å². The molecule has 0 radical (unpaired) electrons. The third-order valence-electron chi connectivity index (χ3n) is 9.43. The molecule has 0 aliphatic heterocycles. The average Bonchev–Trinajstić information content (AvgIpc) is 3.55. The number of aryl methyl sites for hydroxylation is 2. The molecule has 0 saturated heterocycles. The van der Waals surface area contributed by atoms with Gasteiger partial charge in [0.15, 0.2) is 0 Å². The van der Waals surface area contributed by atoms with Crippen molar-refractivity contribution in [2.24, 2.45) is 0 Å². The van der Waals surface area contributed by atoms with Crippen LogP contribution in [0.1, 0.15) is 43.7 Å². The van der Waals surface area contributed by atoms with Gasteiger partial charge in [-0.15, -0.1) is 0 Å². The van der Waals surface area contributed by atoms with Gasteiger partial charge in [0.25, 0.3) is 0 Å². The summed E-state index contributed by atoms with van der Waals surface area (Å²) in [5, 5.41) is 7.71. The maximum absolute atomic E-state index is 3.78. The molecule has 0 N–H and O–H groups in total. The zero-order valence-electron chi connectivity index (χ0n) is 25.6. The van der Waals surface area contributed by atoms with E-state index in [1.54, 1.807) is 0 Å². The van der Waals surface area contributed by atoms with Gasteiger partial charge in [-0.3, -0.25) is 0 Å². The number of nitrogens with zero attached hydrogens (tertiary/aromatic N) is 2. The monoisotopic (exact) mass is 712 g/mol. The van der Waals surface area contributed by atoms with Crippen molar-refractivity contribution < 1.29 is 0 Å². The van der Waals surface area contributed by atoms with E-state index < -0.39 is 0 Å². The summed E-state index contributed by atoms with van der Waals surface area (Å²) < 4.78 is 7.21. The molecule has 0 atom stereocenters.